The van der Waals surface area contributed by atoms with Gasteiger partial charge in [-0.25, -0.2) is 0 Å². The molecule has 0 aromatic rings. The van der Waals surface area contributed by atoms with Crippen molar-refractivity contribution in [2.24, 2.45) is 0 Å². The van der Waals surface area contributed by atoms with Crippen LogP contribution < -0.4 is 5.32 Å². The molecular weight excluding hydrogens is 226 g/mol. The fourth-order valence-electron chi connectivity index (χ4n) is 1.82. The first kappa shape index (κ1) is 17.4. The molecule has 18 heavy (non-hydrogen) atoms. The Morgan fingerprint density at radius 2 is 2.00 bits per heavy atom. The summed E-state index contributed by atoms with van der Waals surface area (Å²) in [5.41, 5.74) is -0.373. The topological polar surface area (TPSA) is 48.3 Å². The van der Waals surface area contributed by atoms with Gasteiger partial charge in [-0.3, -0.25) is 0 Å². The minimum Gasteiger partial charge on any atom is -0.380 e. The molecule has 0 heterocycles. The molecule has 0 saturated heterocycles. The van der Waals surface area contributed by atoms with Crippen LogP contribution in [0, 0.1) is 11.3 Å². The van der Waals surface area contributed by atoms with Gasteiger partial charge in [0.15, 0.2) is 0 Å². The minimum absolute atomic E-state index is 0.373. The molecule has 4 nitrogen and oxygen atoms in total. The smallest absolute Gasteiger partial charge is 0.103 e. The summed E-state index contributed by atoms with van der Waals surface area (Å²) in [7, 11) is 1.85. The van der Waals surface area contributed by atoms with Gasteiger partial charge in [0.1, 0.15) is 5.54 Å². The van der Waals surface area contributed by atoms with E-state index in [9.17, 15) is 0 Å². The third-order valence-electron chi connectivity index (χ3n) is 3.40. The van der Waals surface area contributed by atoms with Crippen molar-refractivity contribution in [3.8, 4) is 6.07 Å². The predicted molar refractivity (Wildman–Crippen MR) is 75.5 cm³/mol. The lowest BCUT2D eigenvalue weighted by Gasteiger charge is -2.23. The average Bonchev–Trinajstić information content (AvgIpc) is 2.41. The molecule has 1 N–H and O–H groups in total. The Morgan fingerprint density at radius 1 is 1.28 bits per heavy atom. The maximum atomic E-state index is 9.04. The summed E-state index contributed by atoms with van der Waals surface area (Å²) < 4.78 is 5.37. The zero-order valence-electron chi connectivity index (χ0n) is 12.5. The Kier molecular flexibility index (Phi) is 9.95. The molecular formula is C14H29N3O. The molecule has 4 heteroatoms. The third kappa shape index (κ3) is 7.65. The van der Waals surface area contributed by atoms with Crippen molar-refractivity contribution in [3.63, 3.8) is 0 Å². The van der Waals surface area contributed by atoms with Crippen LogP contribution in [0.15, 0.2) is 0 Å². The Hall–Kier alpha value is -0.630. The normalized spacial score (nSPS) is 14.4. The molecule has 1 atom stereocenters. The van der Waals surface area contributed by atoms with E-state index in [0.717, 1.165) is 52.1 Å². The molecule has 0 spiro atoms. The van der Waals surface area contributed by atoms with Gasteiger partial charge in [0.2, 0.25) is 0 Å². The van der Waals surface area contributed by atoms with Crippen LogP contribution in [0.4, 0.5) is 0 Å². The zero-order chi connectivity index (χ0) is 13.9. The first-order valence-corrected chi connectivity index (χ1v) is 7.02. The largest absolute Gasteiger partial charge is 0.380 e. The maximum absolute atomic E-state index is 9.04. The number of hydrogen-bond donors (Lipinski definition) is 1. The van der Waals surface area contributed by atoms with E-state index < -0.39 is 0 Å². The summed E-state index contributed by atoms with van der Waals surface area (Å²) in [4.78, 5) is 2.40. The van der Waals surface area contributed by atoms with E-state index in [4.69, 9.17) is 10.00 Å². The number of nitriles is 1. The predicted octanol–water partition coefficient (Wildman–Crippen LogP) is 2.02. The second-order valence-corrected chi connectivity index (χ2v) is 4.78. The summed E-state index contributed by atoms with van der Waals surface area (Å²) in [5, 5.41) is 12.1. The highest BCUT2D eigenvalue weighted by Crippen LogP contribution is 2.12. The van der Waals surface area contributed by atoms with Crippen molar-refractivity contribution in [1.29, 1.82) is 5.26 Å². The molecule has 0 fully saturated rings. The fourth-order valence-corrected chi connectivity index (χ4v) is 1.82. The van der Waals surface area contributed by atoms with Gasteiger partial charge in [-0.1, -0.05) is 6.92 Å². The van der Waals surface area contributed by atoms with E-state index in [2.05, 4.69) is 23.2 Å². The first-order chi connectivity index (χ1) is 8.61. The maximum Gasteiger partial charge on any atom is 0.103 e. The van der Waals surface area contributed by atoms with Crippen molar-refractivity contribution in [3.05, 3.63) is 0 Å². The van der Waals surface area contributed by atoms with Gasteiger partial charge in [-0.05, 0) is 53.2 Å². The number of hydrogen-bond acceptors (Lipinski definition) is 4. The lowest BCUT2D eigenvalue weighted by molar-refractivity contribution is 0.114. The average molecular weight is 255 g/mol. The molecule has 0 saturated carbocycles. The Balaban J connectivity index is 3.71. The minimum atomic E-state index is -0.373. The third-order valence-corrected chi connectivity index (χ3v) is 3.40. The molecule has 1 unspecified atom stereocenters. The highest BCUT2D eigenvalue weighted by atomic mass is 16.5. The molecule has 0 aromatic carbocycles. The number of ether oxygens (including phenoxy) is 1. The van der Waals surface area contributed by atoms with Gasteiger partial charge in [-0.15, -0.1) is 0 Å². The Morgan fingerprint density at radius 3 is 2.50 bits per heavy atom. The van der Waals surface area contributed by atoms with Crippen molar-refractivity contribution in [1.82, 2.24) is 10.2 Å². The van der Waals surface area contributed by atoms with E-state index >= 15 is 0 Å². The number of unbranched alkanes of at least 4 members (excludes halogenated alkanes) is 1. The quantitative estimate of drug-likeness (QED) is 0.574. The second kappa shape index (κ2) is 10.3. The van der Waals surface area contributed by atoms with E-state index in [-0.39, 0.29) is 5.54 Å². The van der Waals surface area contributed by atoms with E-state index in [1.54, 1.807) is 0 Å². The first-order valence-electron chi connectivity index (χ1n) is 7.02. The molecule has 0 aliphatic rings. The van der Waals surface area contributed by atoms with Gasteiger partial charge in [0, 0.05) is 13.2 Å². The molecule has 0 amide bonds. The van der Waals surface area contributed by atoms with E-state index in [0.29, 0.717) is 0 Å². The lowest BCUT2D eigenvalue weighted by Crippen LogP contribution is -2.38. The number of nitrogens with one attached hydrogen (secondary N) is 1. The van der Waals surface area contributed by atoms with E-state index in [1.165, 1.54) is 0 Å². The molecule has 0 aliphatic carbocycles. The molecule has 106 valence electrons. The van der Waals surface area contributed by atoms with Crippen LogP contribution in [0.25, 0.3) is 0 Å². The summed E-state index contributed by atoms with van der Waals surface area (Å²) >= 11 is 0. The second-order valence-electron chi connectivity index (χ2n) is 4.78. The van der Waals surface area contributed by atoms with Crippen LogP contribution in [0.2, 0.25) is 0 Å². The van der Waals surface area contributed by atoms with Crippen LogP contribution in [-0.4, -0.2) is 50.3 Å². The van der Waals surface area contributed by atoms with Crippen molar-refractivity contribution >= 4 is 0 Å². The van der Waals surface area contributed by atoms with Crippen molar-refractivity contribution in [2.75, 3.05) is 39.9 Å². The molecule has 0 aromatic heterocycles. The SMILES string of the molecule is CCOCCN(CC)CCCCC(C)(C#N)NC. The van der Waals surface area contributed by atoms with Crippen molar-refractivity contribution in [2.45, 2.75) is 45.6 Å². The monoisotopic (exact) mass is 255 g/mol. The fraction of sp³-hybridized carbons (Fsp3) is 0.929. The summed E-state index contributed by atoms with van der Waals surface area (Å²) in [5.74, 6) is 0. The summed E-state index contributed by atoms with van der Waals surface area (Å²) in [6, 6.07) is 2.33. The standard InChI is InChI=1S/C14H29N3O/c1-5-17(11-12-18-6-2)10-8-7-9-14(3,13-15)16-4/h16H,5-12H2,1-4H3. The molecule has 0 aliphatic heterocycles. The lowest BCUT2D eigenvalue weighted by atomic mass is 9.97. The highest BCUT2D eigenvalue weighted by Gasteiger charge is 2.19. The van der Waals surface area contributed by atoms with Gasteiger partial charge in [0.25, 0.3) is 0 Å². The van der Waals surface area contributed by atoms with Gasteiger partial charge in [0.05, 0.1) is 12.7 Å². The van der Waals surface area contributed by atoms with Crippen molar-refractivity contribution < 1.29 is 4.74 Å². The van der Waals surface area contributed by atoms with E-state index in [1.807, 2.05) is 20.9 Å². The van der Waals surface area contributed by atoms with Crippen LogP contribution in [-0.2, 0) is 4.74 Å². The Bertz CT molecular complexity index is 240. The van der Waals surface area contributed by atoms with Gasteiger partial charge < -0.3 is 15.0 Å². The van der Waals surface area contributed by atoms with Crippen LogP contribution in [0.5, 0.6) is 0 Å². The molecule has 0 radical (unpaired) electrons. The number of likely N-dealkylation sites (N-methyl/N-ethyl adjacent to an activating group) is 1. The highest BCUT2D eigenvalue weighted by molar-refractivity contribution is 5.02. The number of rotatable bonds is 11. The zero-order valence-corrected chi connectivity index (χ0v) is 12.5. The van der Waals surface area contributed by atoms with Crippen LogP contribution in [0.1, 0.15) is 40.0 Å². The summed E-state index contributed by atoms with van der Waals surface area (Å²) in [6.45, 7) is 10.9. The van der Waals surface area contributed by atoms with Gasteiger partial charge >= 0.3 is 0 Å². The summed E-state index contributed by atoms with van der Waals surface area (Å²) in [6.07, 6.45) is 3.12. The molecule has 0 rings (SSSR count). The van der Waals surface area contributed by atoms with Crippen LogP contribution in [0.3, 0.4) is 0 Å². The molecule has 0 bridgehead atoms. The Labute approximate surface area is 112 Å². The number of nitrogens with zero attached hydrogens (tertiary/aromatic N) is 2. The van der Waals surface area contributed by atoms with Crippen LogP contribution >= 0.6 is 0 Å². The van der Waals surface area contributed by atoms with Gasteiger partial charge in [-0.2, -0.15) is 5.26 Å².